The fraction of sp³-hybridized carbons (Fsp3) is 0.400. The highest BCUT2D eigenvalue weighted by atomic mass is 15.3. The van der Waals surface area contributed by atoms with Crippen molar-refractivity contribution in [2.24, 2.45) is 0 Å². The molecule has 0 aromatic carbocycles. The molecule has 0 unspecified atom stereocenters. The van der Waals surface area contributed by atoms with E-state index in [1.807, 2.05) is 12.3 Å². The number of hydrogen-bond acceptors (Lipinski definition) is 4. The van der Waals surface area contributed by atoms with Gasteiger partial charge >= 0.3 is 0 Å². The van der Waals surface area contributed by atoms with Gasteiger partial charge in [0.2, 0.25) is 5.95 Å². The topological polar surface area (TPSA) is 59.5 Å². The van der Waals surface area contributed by atoms with E-state index < -0.39 is 0 Å². The van der Waals surface area contributed by atoms with Gasteiger partial charge in [0.05, 0.1) is 11.9 Å². The van der Waals surface area contributed by atoms with Crippen LogP contribution < -0.4 is 10.6 Å². The highest BCUT2D eigenvalue weighted by molar-refractivity contribution is 5.53. The fourth-order valence-electron chi connectivity index (χ4n) is 2.05. The monoisotopic (exact) mass is 203 g/mol. The van der Waals surface area contributed by atoms with Gasteiger partial charge in [-0.15, -0.1) is 5.10 Å². The minimum atomic E-state index is 0.327. The molecule has 0 bridgehead atoms. The van der Waals surface area contributed by atoms with Gasteiger partial charge in [-0.3, -0.25) is 0 Å². The molecule has 0 aliphatic carbocycles. The van der Waals surface area contributed by atoms with Crippen LogP contribution in [0.2, 0.25) is 0 Å². The summed E-state index contributed by atoms with van der Waals surface area (Å²) in [5, 5.41) is 4.10. The molecule has 1 aliphatic heterocycles. The van der Waals surface area contributed by atoms with Crippen LogP contribution in [0.15, 0.2) is 18.3 Å². The zero-order chi connectivity index (χ0) is 10.3. The molecule has 5 heteroatoms. The van der Waals surface area contributed by atoms with Crippen LogP contribution in [-0.2, 0) is 0 Å². The first-order chi connectivity index (χ1) is 7.33. The van der Waals surface area contributed by atoms with Crippen molar-refractivity contribution in [3.63, 3.8) is 0 Å². The average molecular weight is 203 g/mol. The van der Waals surface area contributed by atoms with E-state index in [-0.39, 0.29) is 0 Å². The molecule has 2 aromatic heterocycles. The first kappa shape index (κ1) is 8.52. The highest BCUT2D eigenvalue weighted by Crippen LogP contribution is 2.20. The molecule has 2 aromatic rings. The van der Waals surface area contributed by atoms with E-state index in [0.717, 1.165) is 18.7 Å². The lowest BCUT2D eigenvalue weighted by Crippen LogP contribution is -2.17. The number of fused-ring (bicyclic) bond motifs is 1. The van der Waals surface area contributed by atoms with Crippen molar-refractivity contribution in [3.8, 4) is 0 Å². The maximum absolute atomic E-state index is 5.54. The van der Waals surface area contributed by atoms with Gasteiger partial charge in [0, 0.05) is 13.1 Å². The number of pyridine rings is 1. The molecule has 1 aliphatic rings. The summed E-state index contributed by atoms with van der Waals surface area (Å²) >= 11 is 0. The highest BCUT2D eigenvalue weighted by Gasteiger charge is 2.13. The SMILES string of the molecule is Nc1nc2ccc(N3CCCC3)cn2n1. The summed E-state index contributed by atoms with van der Waals surface area (Å²) in [5.74, 6) is 0.327. The molecule has 0 atom stereocenters. The van der Waals surface area contributed by atoms with Crippen LogP contribution in [0.1, 0.15) is 12.8 Å². The zero-order valence-electron chi connectivity index (χ0n) is 8.43. The van der Waals surface area contributed by atoms with Crippen LogP contribution in [0, 0.1) is 0 Å². The second-order valence-corrected chi connectivity index (χ2v) is 3.85. The molecule has 5 nitrogen and oxygen atoms in total. The Morgan fingerprint density at radius 3 is 2.80 bits per heavy atom. The number of nitrogens with zero attached hydrogens (tertiary/aromatic N) is 4. The van der Waals surface area contributed by atoms with Crippen LogP contribution in [0.5, 0.6) is 0 Å². The van der Waals surface area contributed by atoms with Crippen molar-refractivity contribution in [2.75, 3.05) is 23.7 Å². The molecule has 1 saturated heterocycles. The number of aromatic nitrogens is 3. The first-order valence-corrected chi connectivity index (χ1v) is 5.20. The normalized spacial score (nSPS) is 16.4. The predicted molar refractivity (Wildman–Crippen MR) is 58.8 cm³/mol. The zero-order valence-corrected chi connectivity index (χ0v) is 8.43. The van der Waals surface area contributed by atoms with Gasteiger partial charge in [0.15, 0.2) is 5.65 Å². The number of nitrogen functional groups attached to an aromatic ring is 1. The van der Waals surface area contributed by atoms with Gasteiger partial charge in [-0.2, -0.15) is 4.98 Å². The van der Waals surface area contributed by atoms with Crippen molar-refractivity contribution in [2.45, 2.75) is 12.8 Å². The van der Waals surface area contributed by atoms with Gasteiger partial charge in [-0.25, -0.2) is 4.52 Å². The molecule has 15 heavy (non-hydrogen) atoms. The van der Waals surface area contributed by atoms with Gasteiger partial charge in [-0.1, -0.05) is 0 Å². The first-order valence-electron chi connectivity index (χ1n) is 5.20. The Morgan fingerprint density at radius 2 is 2.00 bits per heavy atom. The molecule has 0 radical (unpaired) electrons. The summed E-state index contributed by atoms with van der Waals surface area (Å²) in [7, 11) is 0. The fourth-order valence-corrected chi connectivity index (χ4v) is 2.05. The summed E-state index contributed by atoms with van der Waals surface area (Å²) < 4.78 is 1.74. The van der Waals surface area contributed by atoms with E-state index in [4.69, 9.17) is 5.73 Å². The van der Waals surface area contributed by atoms with Crippen LogP contribution in [-0.4, -0.2) is 27.7 Å². The van der Waals surface area contributed by atoms with Crippen LogP contribution in [0.3, 0.4) is 0 Å². The molecular formula is C10H13N5. The quantitative estimate of drug-likeness (QED) is 0.748. The second-order valence-electron chi connectivity index (χ2n) is 3.85. The van der Waals surface area contributed by atoms with Gasteiger partial charge < -0.3 is 10.6 Å². The van der Waals surface area contributed by atoms with Gasteiger partial charge in [0.1, 0.15) is 0 Å². The molecule has 0 amide bonds. The maximum atomic E-state index is 5.54. The average Bonchev–Trinajstić information content (AvgIpc) is 2.82. The number of nitrogens with two attached hydrogens (primary N) is 1. The van der Waals surface area contributed by atoms with E-state index in [1.54, 1.807) is 4.52 Å². The molecule has 0 spiro atoms. The summed E-state index contributed by atoms with van der Waals surface area (Å²) in [6.45, 7) is 2.27. The minimum Gasteiger partial charge on any atom is -0.370 e. The molecule has 78 valence electrons. The van der Waals surface area contributed by atoms with Crippen molar-refractivity contribution >= 4 is 17.3 Å². The van der Waals surface area contributed by atoms with Crippen LogP contribution >= 0.6 is 0 Å². The summed E-state index contributed by atoms with van der Waals surface area (Å²) in [4.78, 5) is 6.45. The summed E-state index contributed by atoms with van der Waals surface area (Å²) in [5.41, 5.74) is 7.54. The van der Waals surface area contributed by atoms with Crippen molar-refractivity contribution in [1.82, 2.24) is 14.6 Å². The lowest BCUT2D eigenvalue weighted by Gasteiger charge is -2.16. The molecular weight excluding hydrogens is 190 g/mol. The third-order valence-corrected chi connectivity index (χ3v) is 2.80. The summed E-state index contributed by atoms with van der Waals surface area (Å²) in [6, 6.07) is 4.03. The van der Waals surface area contributed by atoms with Gasteiger partial charge in [-0.05, 0) is 25.0 Å². The van der Waals surface area contributed by atoms with Crippen molar-refractivity contribution < 1.29 is 0 Å². The van der Waals surface area contributed by atoms with E-state index >= 15 is 0 Å². The summed E-state index contributed by atoms with van der Waals surface area (Å²) in [6.07, 6.45) is 4.54. The lowest BCUT2D eigenvalue weighted by atomic mass is 10.4. The van der Waals surface area contributed by atoms with Crippen LogP contribution in [0.25, 0.3) is 5.65 Å². The van der Waals surface area contributed by atoms with E-state index in [1.165, 1.54) is 18.5 Å². The largest absolute Gasteiger partial charge is 0.370 e. The molecule has 1 fully saturated rings. The Hall–Kier alpha value is -1.78. The molecule has 3 rings (SSSR count). The Kier molecular flexibility index (Phi) is 1.77. The molecule has 0 saturated carbocycles. The van der Waals surface area contributed by atoms with E-state index in [0.29, 0.717) is 5.95 Å². The lowest BCUT2D eigenvalue weighted by molar-refractivity contribution is 0.920. The van der Waals surface area contributed by atoms with Crippen molar-refractivity contribution in [1.29, 1.82) is 0 Å². The predicted octanol–water partition coefficient (Wildman–Crippen LogP) is 0.912. The Bertz CT molecular complexity index is 484. The molecule has 2 N–H and O–H groups in total. The minimum absolute atomic E-state index is 0.327. The Morgan fingerprint density at radius 1 is 1.20 bits per heavy atom. The Labute approximate surface area is 87.5 Å². The third-order valence-electron chi connectivity index (χ3n) is 2.80. The molecule has 3 heterocycles. The Balaban J connectivity index is 2.04. The number of rotatable bonds is 1. The number of hydrogen-bond donors (Lipinski definition) is 1. The van der Waals surface area contributed by atoms with Crippen LogP contribution in [0.4, 0.5) is 11.6 Å². The van der Waals surface area contributed by atoms with Crippen molar-refractivity contribution in [3.05, 3.63) is 18.3 Å². The van der Waals surface area contributed by atoms with E-state index in [2.05, 4.69) is 21.0 Å². The smallest absolute Gasteiger partial charge is 0.240 e. The van der Waals surface area contributed by atoms with Gasteiger partial charge in [0.25, 0.3) is 0 Å². The maximum Gasteiger partial charge on any atom is 0.240 e. The second kappa shape index (κ2) is 3.12. The third kappa shape index (κ3) is 1.40. The van der Waals surface area contributed by atoms with E-state index in [9.17, 15) is 0 Å². The standard InChI is InChI=1S/C10H13N5/c11-10-12-9-4-3-8(7-15(9)13-10)14-5-1-2-6-14/h3-4,7H,1-2,5-6H2,(H2,11,13). The number of anilines is 2.